The number of halogens is 1. The Kier molecular flexibility index (Phi) is 4.66. The highest BCUT2D eigenvalue weighted by molar-refractivity contribution is 5.85. The van der Waals surface area contributed by atoms with Crippen molar-refractivity contribution >= 4 is 18.5 Å². The summed E-state index contributed by atoms with van der Waals surface area (Å²) in [5.41, 5.74) is 2.74. The predicted molar refractivity (Wildman–Crippen MR) is 65.7 cm³/mol. The van der Waals surface area contributed by atoms with Crippen LogP contribution in [0.1, 0.15) is 12.0 Å². The van der Waals surface area contributed by atoms with Gasteiger partial charge in [-0.05, 0) is 30.7 Å². The molecule has 0 aromatic heterocycles. The highest BCUT2D eigenvalue weighted by Crippen LogP contribution is 2.16. The van der Waals surface area contributed by atoms with Crippen LogP contribution in [0.5, 0.6) is 5.75 Å². The summed E-state index contributed by atoms with van der Waals surface area (Å²) in [6.07, 6.45) is 3.42. The smallest absolute Gasteiger partial charge is 0.118 e. The molecule has 1 heterocycles. The minimum atomic E-state index is 0. The van der Waals surface area contributed by atoms with Crippen molar-refractivity contribution < 1.29 is 4.74 Å². The van der Waals surface area contributed by atoms with Crippen LogP contribution in [0.25, 0.3) is 6.08 Å². The van der Waals surface area contributed by atoms with E-state index in [0.29, 0.717) is 0 Å². The molecule has 1 aromatic rings. The Hall–Kier alpha value is -0.990. The van der Waals surface area contributed by atoms with E-state index in [-0.39, 0.29) is 12.4 Å². The number of methoxy groups -OCH3 is 1. The van der Waals surface area contributed by atoms with E-state index >= 15 is 0 Å². The van der Waals surface area contributed by atoms with E-state index in [1.807, 2.05) is 12.1 Å². The fourth-order valence-electron chi connectivity index (χ4n) is 1.65. The van der Waals surface area contributed by atoms with Crippen LogP contribution in [0.4, 0.5) is 0 Å². The number of hydrogen-bond donors (Lipinski definition) is 1. The molecule has 15 heavy (non-hydrogen) atoms. The maximum absolute atomic E-state index is 5.11. The van der Waals surface area contributed by atoms with Gasteiger partial charge in [0.25, 0.3) is 0 Å². The molecule has 0 bridgehead atoms. The van der Waals surface area contributed by atoms with E-state index in [1.165, 1.54) is 17.6 Å². The quantitative estimate of drug-likeness (QED) is 0.835. The van der Waals surface area contributed by atoms with Crippen LogP contribution < -0.4 is 10.1 Å². The first-order valence-corrected chi connectivity index (χ1v) is 4.93. The van der Waals surface area contributed by atoms with Crippen LogP contribution >= 0.6 is 12.4 Å². The maximum atomic E-state index is 5.11. The maximum Gasteiger partial charge on any atom is 0.118 e. The first kappa shape index (κ1) is 12.1. The molecule has 3 heteroatoms. The average molecular weight is 226 g/mol. The van der Waals surface area contributed by atoms with Crippen LogP contribution in [0.2, 0.25) is 0 Å². The lowest BCUT2D eigenvalue weighted by Crippen LogP contribution is -2.04. The molecule has 0 spiro atoms. The Morgan fingerprint density at radius 3 is 2.53 bits per heavy atom. The van der Waals surface area contributed by atoms with E-state index in [1.54, 1.807) is 7.11 Å². The second-order valence-corrected chi connectivity index (χ2v) is 3.50. The highest BCUT2D eigenvalue weighted by Gasteiger charge is 2.04. The van der Waals surface area contributed by atoms with Gasteiger partial charge in [-0.3, -0.25) is 0 Å². The summed E-state index contributed by atoms with van der Waals surface area (Å²) in [7, 11) is 1.69. The van der Waals surface area contributed by atoms with Gasteiger partial charge in [-0.15, -0.1) is 12.4 Å². The van der Waals surface area contributed by atoms with Gasteiger partial charge < -0.3 is 10.1 Å². The molecular weight excluding hydrogens is 210 g/mol. The van der Waals surface area contributed by atoms with Gasteiger partial charge in [0.15, 0.2) is 0 Å². The molecule has 0 amide bonds. The lowest BCUT2D eigenvalue weighted by molar-refractivity contribution is 0.415. The zero-order chi connectivity index (χ0) is 9.80. The third-order valence-electron chi connectivity index (χ3n) is 2.46. The molecule has 0 aliphatic carbocycles. The highest BCUT2D eigenvalue weighted by atomic mass is 35.5. The van der Waals surface area contributed by atoms with Gasteiger partial charge in [0.05, 0.1) is 7.11 Å². The molecule has 82 valence electrons. The van der Waals surface area contributed by atoms with Crippen LogP contribution in [-0.2, 0) is 0 Å². The van der Waals surface area contributed by atoms with Crippen molar-refractivity contribution in [2.24, 2.45) is 0 Å². The van der Waals surface area contributed by atoms with Crippen molar-refractivity contribution in [3.8, 4) is 5.75 Å². The Labute approximate surface area is 96.7 Å². The summed E-state index contributed by atoms with van der Waals surface area (Å²) in [6.45, 7) is 2.15. The first-order valence-electron chi connectivity index (χ1n) is 4.93. The molecule has 0 atom stereocenters. The van der Waals surface area contributed by atoms with Gasteiger partial charge >= 0.3 is 0 Å². The minimum Gasteiger partial charge on any atom is -0.497 e. The molecule has 1 N–H and O–H groups in total. The number of rotatable bonds is 2. The zero-order valence-corrected chi connectivity index (χ0v) is 9.64. The lowest BCUT2D eigenvalue weighted by Gasteiger charge is -2.00. The summed E-state index contributed by atoms with van der Waals surface area (Å²) in [6, 6.07) is 8.16. The summed E-state index contributed by atoms with van der Waals surface area (Å²) < 4.78 is 5.11. The largest absolute Gasteiger partial charge is 0.497 e. The van der Waals surface area contributed by atoms with Gasteiger partial charge in [0, 0.05) is 6.54 Å². The fraction of sp³-hybridized carbons (Fsp3) is 0.333. The van der Waals surface area contributed by atoms with Crippen LogP contribution in [-0.4, -0.2) is 20.2 Å². The topological polar surface area (TPSA) is 21.3 Å². The third-order valence-corrected chi connectivity index (χ3v) is 2.46. The van der Waals surface area contributed by atoms with Gasteiger partial charge in [-0.1, -0.05) is 23.8 Å². The van der Waals surface area contributed by atoms with Gasteiger partial charge in [0.1, 0.15) is 5.75 Å². The first-order chi connectivity index (χ1) is 6.88. The fourth-order valence-corrected chi connectivity index (χ4v) is 1.65. The second-order valence-electron chi connectivity index (χ2n) is 3.50. The Morgan fingerprint density at radius 1 is 1.27 bits per heavy atom. The molecule has 1 aromatic carbocycles. The number of hydrogen-bond acceptors (Lipinski definition) is 2. The van der Waals surface area contributed by atoms with Crippen molar-refractivity contribution in [1.82, 2.24) is 5.32 Å². The second kappa shape index (κ2) is 5.79. The van der Waals surface area contributed by atoms with E-state index in [2.05, 4.69) is 23.5 Å². The van der Waals surface area contributed by atoms with Gasteiger partial charge in [0.2, 0.25) is 0 Å². The third kappa shape index (κ3) is 3.26. The number of ether oxygens (including phenoxy) is 1. The standard InChI is InChI=1S/C12H15NO.ClH/c1-14-12-4-2-10(3-5-12)8-11-6-7-13-9-11;/h2-5,8,13H,6-7,9H2,1H3;1H. The average Bonchev–Trinajstić information content (AvgIpc) is 2.72. The normalized spacial score (nSPS) is 17.5. The van der Waals surface area contributed by atoms with Crippen molar-refractivity contribution in [2.75, 3.05) is 20.2 Å². The predicted octanol–water partition coefficient (Wildman–Crippen LogP) is 2.49. The molecular formula is C12H16ClNO. The van der Waals surface area contributed by atoms with Crippen LogP contribution in [0.3, 0.4) is 0 Å². The molecule has 2 nitrogen and oxygen atoms in total. The van der Waals surface area contributed by atoms with Gasteiger partial charge in [-0.2, -0.15) is 0 Å². The van der Waals surface area contributed by atoms with Crippen molar-refractivity contribution in [3.05, 3.63) is 35.4 Å². The SMILES string of the molecule is COc1ccc(C=C2CCNC2)cc1.Cl. The molecule has 1 saturated heterocycles. The minimum absolute atomic E-state index is 0. The Bertz CT molecular complexity index is 324. The molecule has 2 rings (SSSR count). The van der Waals surface area contributed by atoms with Crippen LogP contribution in [0, 0.1) is 0 Å². The summed E-state index contributed by atoms with van der Waals surface area (Å²) in [5, 5.41) is 3.32. The van der Waals surface area contributed by atoms with Crippen molar-refractivity contribution in [2.45, 2.75) is 6.42 Å². The monoisotopic (exact) mass is 225 g/mol. The molecule has 1 aliphatic heterocycles. The number of benzene rings is 1. The molecule has 1 aliphatic rings. The van der Waals surface area contributed by atoms with E-state index < -0.39 is 0 Å². The summed E-state index contributed by atoms with van der Waals surface area (Å²) >= 11 is 0. The summed E-state index contributed by atoms with van der Waals surface area (Å²) in [4.78, 5) is 0. The van der Waals surface area contributed by atoms with E-state index in [0.717, 1.165) is 18.8 Å². The lowest BCUT2D eigenvalue weighted by atomic mass is 10.1. The molecule has 1 fully saturated rings. The molecule has 0 radical (unpaired) electrons. The Morgan fingerprint density at radius 2 is 2.00 bits per heavy atom. The molecule has 0 unspecified atom stereocenters. The van der Waals surface area contributed by atoms with Gasteiger partial charge in [-0.25, -0.2) is 0 Å². The zero-order valence-electron chi connectivity index (χ0n) is 8.82. The molecule has 0 saturated carbocycles. The summed E-state index contributed by atoms with van der Waals surface area (Å²) in [5.74, 6) is 0.914. The van der Waals surface area contributed by atoms with Crippen molar-refractivity contribution in [1.29, 1.82) is 0 Å². The Balaban J connectivity index is 0.00000112. The van der Waals surface area contributed by atoms with Crippen LogP contribution in [0.15, 0.2) is 29.8 Å². The van der Waals surface area contributed by atoms with E-state index in [4.69, 9.17) is 4.74 Å². The van der Waals surface area contributed by atoms with E-state index in [9.17, 15) is 0 Å². The number of nitrogens with one attached hydrogen (secondary N) is 1. The van der Waals surface area contributed by atoms with Crippen molar-refractivity contribution in [3.63, 3.8) is 0 Å².